The number of anilines is 3. The van der Waals surface area contributed by atoms with Crippen molar-refractivity contribution in [1.82, 2.24) is 4.98 Å². The number of nitrogens with zero attached hydrogens (tertiary/aromatic N) is 2. The highest BCUT2D eigenvalue weighted by Crippen LogP contribution is 2.16. The second-order valence-electron chi connectivity index (χ2n) is 6.26. The Hall–Kier alpha value is -3.74. The summed E-state index contributed by atoms with van der Waals surface area (Å²) in [7, 11) is 3.86. The molecule has 142 valence electrons. The lowest BCUT2D eigenvalue weighted by atomic mass is 10.2. The summed E-state index contributed by atoms with van der Waals surface area (Å²) < 4.78 is 13.0. The molecule has 0 saturated heterocycles. The Morgan fingerprint density at radius 2 is 1.25 bits per heavy atom. The molecule has 3 aromatic rings. The van der Waals surface area contributed by atoms with Crippen molar-refractivity contribution in [2.24, 2.45) is 0 Å². The van der Waals surface area contributed by atoms with Crippen LogP contribution in [-0.2, 0) is 0 Å². The molecule has 6 nitrogen and oxygen atoms in total. The molecule has 0 aliphatic carbocycles. The molecule has 2 aromatic carbocycles. The van der Waals surface area contributed by atoms with Crippen LogP contribution < -0.4 is 15.5 Å². The van der Waals surface area contributed by atoms with Gasteiger partial charge in [0.15, 0.2) is 0 Å². The van der Waals surface area contributed by atoms with Gasteiger partial charge >= 0.3 is 0 Å². The highest BCUT2D eigenvalue weighted by molar-refractivity contribution is 6.06. The van der Waals surface area contributed by atoms with E-state index in [0.29, 0.717) is 11.4 Å². The number of aromatic nitrogens is 1. The van der Waals surface area contributed by atoms with Crippen LogP contribution in [0, 0.1) is 5.82 Å². The van der Waals surface area contributed by atoms with Crippen molar-refractivity contribution in [3.63, 3.8) is 0 Å². The molecule has 2 N–H and O–H groups in total. The second-order valence-corrected chi connectivity index (χ2v) is 6.26. The van der Waals surface area contributed by atoms with Gasteiger partial charge in [0.1, 0.15) is 17.2 Å². The molecule has 1 aromatic heterocycles. The number of benzene rings is 2. The molecule has 0 bridgehead atoms. The summed E-state index contributed by atoms with van der Waals surface area (Å²) in [5, 5.41) is 5.37. The van der Waals surface area contributed by atoms with Crippen LogP contribution >= 0.6 is 0 Å². The van der Waals surface area contributed by atoms with Gasteiger partial charge in [-0.3, -0.25) is 9.59 Å². The molecule has 0 aliphatic heterocycles. The summed E-state index contributed by atoms with van der Waals surface area (Å²) in [4.78, 5) is 30.9. The Balaban J connectivity index is 1.70. The van der Waals surface area contributed by atoms with Gasteiger partial charge in [0.25, 0.3) is 11.8 Å². The zero-order chi connectivity index (χ0) is 20.1. The van der Waals surface area contributed by atoms with E-state index in [0.717, 1.165) is 5.69 Å². The van der Waals surface area contributed by atoms with E-state index >= 15 is 0 Å². The zero-order valence-corrected chi connectivity index (χ0v) is 15.4. The van der Waals surface area contributed by atoms with Crippen molar-refractivity contribution in [2.45, 2.75) is 0 Å². The van der Waals surface area contributed by atoms with Crippen molar-refractivity contribution >= 4 is 28.9 Å². The minimum absolute atomic E-state index is 0.0833. The summed E-state index contributed by atoms with van der Waals surface area (Å²) in [6.07, 6.45) is 0. The predicted octanol–water partition coefficient (Wildman–Crippen LogP) is 3.79. The average Bonchev–Trinajstić information content (AvgIpc) is 2.70. The Morgan fingerprint density at radius 3 is 1.71 bits per heavy atom. The number of amides is 2. The highest BCUT2D eigenvalue weighted by atomic mass is 19.1. The molecule has 0 radical (unpaired) electrons. The van der Waals surface area contributed by atoms with Gasteiger partial charge in [-0.05, 0) is 60.7 Å². The number of halogens is 1. The van der Waals surface area contributed by atoms with Crippen molar-refractivity contribution in [3.05, 3.63) is 83.9 Å². The molecule has 0 fully saturated rings. The van der Waals surface area contributed by atoms with Gasteiger partial charge in [-0.2, -0.15) is 0 Å². The number of pyridine rings is 1. The van der Waals surface area contributed by atoms with Gasteiger partial charge in [-0.25, -0.2) is 9.37 Å². The van der Waals surface area contributed by atoms with E-state index in [2.05, 4.69) is 15.6 Å². The fraction of sp³-hybridized carbons (Fsp3) is 0.0952. The summed E-state index contributed by atoms with van der Waals surface area (Å²) in [6, 6.07) is 17.3. The molecule has 1 heterocycles. The minimum Gasteiger partial charge on any atom is -0.378 e. The van der Waals surface area contributed by atoms with E-state index in [4.69, 9.17) is 0 Å². The first-order valence-corrected chi connectivity index (χ1v) is 8.55. The summed E-state index contributed by atoms with van der Waals surface area (Å²) in [6.45, 7) is 0. The predicted molar refractivity (Wildman–Crippen MR) is 107 cm³/mol. The Morgan fingerprint density at radius 1 is 0.786 bits per heavy atom. The molecular weight excluding hydrogens is 359 g/mol. The monoisotopic (exact) mass is 378 g/mol. The number of hydrogen-bond donors (Lipinski definition) is 2. The maximum Gasteiger partial charge on any atom is 0.274 e. The molecule has 28 heavy (non-hydrogen) atoms. The van der Waals surface area contributed by atoms with E-state index in [1.54, 1.807) is 18.2 Å². The number of nitrogens with one attached hydrogen (secondary N) is 2. The second kappa shape index (κ2) is 8.30. The topological polar surface area (TPSA) is 74.3 Å². The molecule has 0 saturated carbocycles. The lowest BCUT2D eigenvalue weighted by molar-refractivity contribution is 0.101. The first-order valence-electron chi connectivity index (χ1n) is 8.55. The molecule has 2 amide bonds. The number of hydrogen-bond acceptors (Lipinski definition) is 4. The molecule has 7 heteroatoms. The third-order valence-corrected chi connectivity index (χ3v) is 3.96. The Kier molecular flexibility index (Phi) is 5.64. The maximum absolute atomic E-state index is 13.0. The SMILES string of the molecule is CN(C)c1ccc(NC(=O)c2cccc(C(=O)Nc3ccc(F)cc3)n2)cc1. The van der Waals surface area contributed by atoms with Crippen LogP contribution in [-0.4, -0.2) is 30.9 Å². The molecule has 0 aliphatic rings. The van der Waals surface area contributed by atoms with E-state index in [-0.39, 0.29) is 11.4 Å². The number of carbonyl (C=O) groups is 2. The van der Waals surface area contributed by atoms with Crippen LogP contribution in [0.15, 0.2) is 66.7 Å². The van der Waals surface area contributed by atoms with Gasteiger partial charge in [-0.15, -0.1) is 0 Å². The maximum atomic E-state index is 13.0. The van der Waals surface area contributed by atoms with Gasteiger partial charge in [0.05, 0.1) is 0 Å². The standard InChI is InChI=1S/C21H19FN4O2/c1-26(2)17-12-10-16(11-13-17)24-21(28)19-5-3-4-18(25-19)20(27)23-15-8-6-14(22)7-9-15/h3-13H,1-2H3,(H,23,27)(H,24,28). The Bertz CT molecular complexity index is 986. The van der Waals surface area contributed by atoms with Crippen molar-refractivity contribution in [1.29, 1.82) is 0 Å². The lowest BCUT2D eigenvalue weighted by Gasteiger charge is -2.13. The van der Waals surface area contributed by atoms with Crippen LogP contribution in [0.5, 0.6) is 0 Å². The van der Waals surface area contributed by atoms with E-state index in [9.17, 15) is 14.0 Å². The molecule has 3 rings (SSSR count). The van der Waals surface area contributed by atoms with E-state index in [1.165, 1.54) is 36.4 Å². The first kappa shape index (κ1) is 19.0. The van der Waals surface area contributed by atoms with Crippen molar-refractivity contribution in [2.75, 3.05) is 29.6 Å². The zero-order valence-electron chi connectivity index (χ0n) is 15.4. The van der Waals surface area contributed by atoms with Crippen LogP contribution in [0.25, 0.3) is 0 Å². The van der Waals surface area contributed by atoms with Crippen molar-refractivity contribution in [3.8, 4) is 0 Å². The first-order chi connectivity index (χ1) is 13.4. The van der Waals surface area contributed by atoms with Crippen LogP contribution in [0.3, 0.4) is 0 Å². The largest absolute Gasteiger partial charge is 0.378 e. The molecule has 0 spiro atoms. The van der Waals surface area contributed by atoms with Crippen LogP contribution in [0.1, 0.15) is 21.0 Å². The number of carbonyl (C=O) groups excluding carboxylic acids is 2. The average molecular weight is 378 g/mol. The summed E-state index contributed by atoms with van der Waals surface area (Å²) >= 11 is 0. The molecule has 0 atom stereocenters. The molecule has 0 unspecified atom stereocenters. The van der Waals surface area contributed by atoms with Gasteiger partial charge in [-0.1, -0.05) is 6.07 Å². The van der Waals surface area contributed by atoms with Crippen LogP contribution in [0.2, 0.25) is 0 Å². The van der Waals surface area contributed by atoms with Gasteiger partial charge in [0, 0.05) is 31.2 Å². The van der Waals surface area contributed by atoms with E-state index in [1.807, 2.05) is 31.1 Å². The quantitative estimate of drug-likeness (QED) is 0.708. The van der Waals surface area contributed by atoms with E-state index < -0.39 is 17.6 Å². The fourth-order valence-corrected chi connectivity index (χ4v) is 2.45. The lowest BCUT2D eigenvalue weighted by Crippen LogP contribution is -2.18. The molecular formula is C21H19FN4O2. The minimum atomic E-state index is -0.489. The normalized spacial score (nSPS) is 10.2. The van der Waals surface area contributed by atoms with Crippen LogP contribution in [0.4, 0.5) is 21.5 Å². The summed E-state index contributed by atoms with van der Waals surface area (Å²) in [5.41, 5.74) is 2.27. The van der Waals surface area contributed by atoms with Gasteiger partial charge < -0.3 is 15.5 Å². The third kappa shape index (κ3) is 4.70. The Labute approximate surface area is 162 Å². The highest BCUT2D eigenvalue weighted by Gasteiger charge is 2.13. The van der Waals surface area contributed by atoms with Crippen molar-refractivity contribution < 1.29 is 14.0 Å². The number of rotatable bonds is 5. The third-order valence-electron chi connectivity index (χ3n) is 3.96. The fourth-order valence-electron chi connectivity index (χ4n) is 2.45. The smallest absolute Gasteiger partial charge is 0.274 e. The summed E-state index contributed by atoms with van der Waals surface area (Å²) in [5.74, 6) is -1.31. The van der Waals surface area contributed by atoms with Gasteiger partial charge in [0.2, 0.25) is 0 Å².